The summed E-state index contributed by atoms with van der Waals surface area (Å²) in [6, 6.07) is 0. The lowest BCUT2D eigenvalue weighted by Crippen LogP contribution is -1.99. The number of carboxylic acids is 1. The number of phosphoric ester groups is 1. The zero-order valence-corrected chi connectivity index (χ0v) is 22.1. The molecule has 0 saturated carbocycles. The van der Waals surface area contributed by atoms with Crippen molar-refractivity contribution in [3.05, 3.63) is 48.6 Å². The number of carbonyl (C=O) groups is 1. The number of unbranched alkanes of at least 4 members (excludes halogenated alkanes) is 4. The lowest BCUT2D eigenvalue weighted by Gasteiger charge is -2.14. The minimum Gasteiger partial charge on any atom is -0.481 e. The predicted octanol–water partition coefficient (Wildman–Crippen LogP) is 8.42. The number of rotatable bonds is 20. The van der Waals surface area contributed by atoms with Gasteiger partial charge in [0, 0.05) is 6.42 Å². The topological polar surface area (TPSA) is 82.1 Å². The largest absolute Gasteiger partial charge is 0.481 e. The van der Waals surface area contributed by atoms with Crippen LogP contribution in [-0.4, -0.2) is 30.9 Å². The summed E-state index contributed by atoms with van der Waals surface area (Å²) in [4.78, 5) is 10.3. The molecule has 0 aliphatic heterocycles. The molecule has 0 amide bonds. The third-order valence-corrected chi connectivity index (χ3v) is 5.80. The van der Waals surface area contributed by atoms with Gasteiger partial charge in [0.15, 0.2) is 0 Å². The third kappa shape index (κ3) is 28.5. The van der Waals surface area contributed by atoms with Gasteiger partial charge in [-0.15, -0.1) is 0 Å². The molecule has 0 radical (unpaired) electrons. The molecular formula is C26H47O6P. The summed E-state index contributed by atoms with van der Waals surface area (Å²) in [6.45, 7) is 8.45. The second-order valence-corrected chi connectivity index (χ2v) is 8.74. The predicted molar refractivity (Wildman–Crippen MR) is 139 cm³/mol. The number of aliphatic carboxylic acids is 1. The Morgan fingerprint density at radius 3 is 1.42 bits per heavy atom. The molecule has 0 aromatic heterocycles. The van der Waals surface area contributed by atoms with Crippen LogP contribution >= 0.6 is 7.82 Å². The number of hydrogen-bond acceptors (Lipinski definition) is 5. The minimum atomic E-state index is -3.22. The highest BCUT2D eigenvalue weighted by molar-refractivity contribution is 7.48. The molecule has 0 saturated heterocycles. The first-order valence-corrected chi connectivity index (χ1v) is 13.8. The van der Waals surface area contributed by atoms with Crippen molar-refractivity contribution >= 4 is 13.8 Å². The van der Waals surface area contributed by atoms with Gasteiger partial charge in [-0.3, -0.25) is 18.4 Å². The summed E-state index contributed by atoms with van der Waals surface area (Å²) in [7, 11) is -3.22. The number of carboxylic acid groups (broad SMARTS) is 1. The molecule has 7 heteroatoms. The van der Waals surface area contributed by atoms with E-state index in [-0.39, 0.29) is 6.42 Å². The van der Waals surface area contributed by atoms with Crippen LogP contribution in [0, 0.1) is 0 Å². The van der Waals surface area contributed by atoms with Gasteiger partial charge in [0.1, 0.15) is 0 Å². The molecule has 0 spiro atoms. The van der Waals surface area contributed by atoms with E-state index in [0.29, 0.717) is 19.8 Å². The van der Waals surface area contributed by atoms with E-state index in [9.17, 15) is 9.36 Å². The molecular weight excluding hydrogens is 439 g/mol. The maximum Gasteiger partial charge on any atom is 0.474 e. The first kappa shape index (κ1) is 33.7. The van der Waals surface area contributed by atoms with Gasteiger partial charge in [-0.05, 0) is 65.7 Å². The Hall–Kier alpha value is -1.46. The smallest absolute Gasteiger partial charge is 0.474 e. The maximum atomic E-state index is 11.3. The van der Waals surface area contributed by atoms with Crippen molar-refractivity contribution in [2.24, 2.45) is 0 Å². The van der Waals surface area contributed by atoms with E-state index in [0.717, 1.165) is 32.1 Å². The normalized spacial score (nSPS) is 12.2. The summed E-state index contributed by atoms with van der Waals surface area (Å²) in [6.07, 6.45) is 27.3. The SMILES string of the molecule is CCCCC/C=C\C/C=C\C/C=C\C/C=C\CCCC(=O)O.CCOP(=O)(OCC)OCC. The lowest BCUT2D eigenvalue weighted by molar-refractivity contribution is -0.137. The number of allylic oxidation sites excluding steroid dienone is 8. The van der Waals surface area contributed by atoms with Gasteiger partial charge in [0.05, 0.1) is 19.8 Å². The fourth-order valence-electron chi connectivity index (χ4n) is 2.52. The zero-order chi connectivity index (χ0) is 25.0. The fraction of sp³-hybridized carbons (Fsp3) is 0.654. The van der Waals surface area contributed by atoms with Crippen LogP contribution in [0.1, 0.15) is 91.9 Å². The summed E-state index contributed by atoms with van der Waals surface area (Å²) in [5.41, 5.74) is 0. The van der Waals surface area contributed by atoms with E-state index in [4.69, 9.17) is 18.7 Å². The van der Waals surface area contributed by atoms with Gasteiger partial charge in [0.2, 0.25) is 0 Å². The van der Waals surface area contributed by atoms with Crippen LogP contribution in [0.5, 0.6) is 0 Å². The van der Waals surface area contributed by atoms with Gasteiger partial charge in [-0.1, -0.05) is 68.4 Å². The molecule has 0 unspecified atom stereocenters. The second kappa shape index (κ2) is 26.8. The Kier molecular flexibility index (Phi) is 27.4. The van der Waals surface area contributed by atoms with Crippen molar-refractivity contribution in [3.63, 3.8) is 0 Å². The monoisotopic (exact) mass is 486 g/mol. The Morgan fingerprint density at radius 2 is 1.06 bits per heavy atom. The van der Waals surface area contributed by atoms with Gasteiger partial charge >= 0.3 is 13.8 Å². The highest BCUT2D eigenvalue weighted by Gasteiger charge is 2.23. The standard InChI is InChI=1S/C20H32O2.C6H15O4P/c1-2-3-4-5-6-7-8-9-10-11-12-13-14-15-16-17-18-19-20(21)22;1-4-8-11(7,9-5-2)10-6-3/h6-7,9-10,12-13,15-16H,2-5,8,11,14,17-19H2,1H3,(H,21,22);4-6H2,1-3H3/b7-6-,10-9-,13-12-,16-15-;. The van der Waals surface area contributed by atoms with Crippen molar-refractivity contribution in [3.8, 4) is 0 Å². The molecule has 0 aromatic carbocycles. The first-order chi connectivity index (χ1) is 16.0. The van der Waals surface area contributed by atoms with E-state index in [1.165, 1.54) is 25.7 Å². The first-order valence-electron chi connectivity index (χ1n) is 12.3. The minimum absolute atomic E-state index is 0.262. The summed E-state index contributed by atoms with van der Waals surface area (Å²) >= 11 is 0. The van der Waals surface area contributed by atoms with Crippen LogP contribution in [-0.2, 0) is 22.9 Å². The number of phosphoric acid groups is 1. The molecule has 0 fully saturated rings. The van der Waals surface area contributed by atoms with Crippen molar-refractivity contribution in [2.75, 3.05) is 19.8 Å². The molecule has 0 atom stereocenters. The lowest BCUT2D eigenvalue weighted by atomic mass is 10.2. The molecule has 0 bridgehead atoms. The van der Waals surface area contributed by atoms with Gasteiger partial charge in [0.25, 0.3) is 0 Å². The molecule has 33 heavy (non-hydrogen) atoms. The fourth-order valence-corrected chi connectivity index (χ4v) is 3.69. The van der Waals surface area contributed by atoms with Crippen molar-refractivity contribution < 1.29 is 28.0 Å². The van der Waals surface area contributed by atoms with Crippen LogP contribution in [0.4, 0.5) is 0 Å². The molecule has 0 rings (SSSR count). The second-order valence-electron chi connectivity index (χ2n) is 7.08. The Bertz CT molecular complexity index is 572. The van der Waals surface area contributed by atoms with E-state index >= 15 is 0 Å². The molecule has 0 aromatic rings. The average Bonchev–Trinajstić information content (AvgIpc) is 2.76. The Labute approximate surface area is 202 Å². The van der Waals surface area contributed by atoms with Crippen molar-refractivity contribution in [2.45, 2.75) is 91.9 Å². The Morgan fingerprint density at radius 1 is 0.667 bits per heavy atom. The summed E-state index contributed by atoms with van der Waals surface area (Å²) < 4.78 is 25.8. The van der Waals surface area contributed by atoms with Gasteiger partial charge in [-0.25, -0.2) is 4.57 Å². The van der Waals surface area contributed by atoms with Crippen LogP contribution in [0.15, 0.2) is 48.6 Å². The highest BCUT2D eigenvalue weighted by atomic mass is 31.2. The molecule has 0 heterocycles. The van der Waals surface area contributed by atoms with Gasteiger partial charge in [-0.2, -0.15) is 0 Å². The third-order valence-electron chi connectivity index (χ3n) is 4.08. The quantitative estimate of drug-likeness (QED) is 0.106. The van der Waals surface area contributed by atoms with Crippen molar-refractivity contribution in [1.29, 1.82) is 0 Å². The summed E-state index contributed by atoms with van der Waals surface area (Å²) in [5.74, 6) is -0.712. The van der Waals surface area contributed by atoms with Crippen LogP contribution in [0.25, 0.3) is 0 Å². The average molecular weight is 487 g/mol. The van der Waals surface area contributed by atoms with E-state index in [1.54, 1.807) is 20.8 Å². The molecule has 0 aliphatic carbocycles. The summed E-state index contributed by atoms with van der Waals surface area (Å²) in [5, 5.41) is 8.49. The van der Waals surface area contributed by atoms with Crippen molar-refractivity contribution in [1.82, 2.24) is 0 Å². The van der Waals surface area contributed by atoms with Crippen LogP contribution in [0.3, 0.4) is 0 Å². The highest BCUT2D eigenvalue weighted by Crippen LogP contribution is 2.48. The zero-order valence-electron chi connectivity index (χ0n) is 21.2. The van der Waals surface area contributed by atoms with E-state index < -0.39 is 13.8 Å². The molecule has 192 valence electrons. The number of hydrogen-bond donors (Lipinski definition) is 1. The molecule has 6 nitrogen and oxygen atoms in total. The maximum absolute atomic E-state index is 11.3. The van der Waals surface area contributed by atoms with Gasteiger partial charge < -0.3 is 5.11 Å². The molecule has 0 aliphatic rings. The molecule has 1 N–H and O–H groups in total. The van der Waals surface area contributed by atoms with Crippen LogP contribution < -0.4 is 0 Å². The van der Waals surface area contributed by atoms with E-state index in [2.05, 4.69) is 55.5 Å². The van der Waals surface area contributed by atoms with E-state index in [1.807, 2.05) is 0 Å². The van der Waals surface area contributed by atoms with Crippen LogP contribution in [0.2, 0.25) is 0 Å². The Balaban J connectivity index is 0.